The van der Waals surface area contributed by atoms with E-state index in [0.29, 0.717) is 6.10 Å². The van der Waals surface area contributed by atoms with Gasteiger partial charge in [-0.25, -0.2) is 0 Å². The average Bonchev–Trinajstić information content (AvgIpc) is 2.55. The summed E-state index contributed by atoms with van der Waals surface area (Å²) in [5.74, 6) is 1.62. The van der Waals surface area contributed by atoms with Gasteiger partial charge in [0.1, 0.15) is 0 Å². The summed E-state index contributed by atoms with van der Waals surface area (Å²) in [5.41, 5.74) is 0. The zero-order chi connectivity index (χ0) is 9.56. The monoisotopic (exact) mass is 172 g/mol. The van der Waals surface area contributed by atoms with Gasteiger partial charge in [-0.1, -0.05) is 34.6 Å². The molecular formula is C11H24O. The van der Waals surface area contributed by atoms with Gasteiger partial charge in [-0.2, -0.15) is 0 Å². The third kappa shape index (κ3) is 3.14. The highest BCUT2D eigenvalue weighted by Gasteiger charge is 2.28. The molecule has 0 amide bonds. The van der Waals surface area contributed by atoms with Crippen LogP contribution >= 0.6 is 0 Å². The first kappa shape index (κ1) is 12.0. The molecule has 0 radical (unpaired) electrons. The van der Waals surface area contributed by atoms with Crippen molar-refractivity contribution in [3.05, 3.63) is 0 Å². The molecule has 1 heterocycles. The van der Waals surface area contributed by atoms with Crippen LogP contribution < -0.4 is 0 Å². The van der Waals surface area contributed by atoms with Crippen LogP contribution in [0.1, 0.15) is 47.5 Å². The van der Waals surface area contributed by atoms with Gasteiger partial charge in [-0.3, -0.25) is 0 Å². The Balaban J connectivity index is 0.000000561. The smallest absolute Gasteiger partial charge is 0.0603 e. The first-order chi connectivity index (χ1) is 5.75. The van der Waals surface area contributed by atoms with E-state index in [1.54, 1.807) is 0 Å². The minimum atomic E-state index is 0.556. The van der Waals surface area contributed by atoms with Crippen molar-refractivity contribution >= 4 is 0 Å². The summed E-state index contributed by atoms with van der Waals surface area (Å²) in [5, 5.41) is 0. The molecule has 12 heavy (non-hydrogen) atoms. The molecule has 0 aromatic heterocycles. The van der Waals surface area contributed by atoms with Gasteiger partial charge in [0.2, 0.25) is 0 Å². The maximum atomic E-state index is 5.58. The minimum absolute atomic E-state index is 0.556. The fraction of sp³-hybridized carbons (Fsp3) is 1.00. The SMILES string of the molecule is CC.CCC1OCCC1C(C)C. The topological polar surface area (TPSA) is 9.23 Å². The molecule has 0 aromatic carbocycles. The van der Waals surface area contributed by atoms with E-state index in [2.05, 4.69) is 20.8 Å². The summed E-state index contributed by atoms with van der Waals surface area (Å²) in [7, 11) is 0. The number of hydrogen-bond acceptors (Lipinski definition) is 1. The fourth-order valence-electron chi connectivity index (χ4n) is 1.85. The Hall–Kier alpha value is -0.0400. The minimum Gasteiger partial charge on any atom is -0.378 e. The van der Waals surface area contributed by atoms with Gasteiger partial charge >= 0.3 is 0 Å². The largest absolute Gasteiger partial charge is 0.378 e. The van der Waals surface area contributed by atoms with E-state index >= 15 is 0 Å². The second kappa shape index (κ2) is 6.47. The van der Waals surface area contributed by atoms with Crippen molar-refractivity contribution in [2.24, 2.45) is 11.8 Å². The summed E-state index contributed by atoms with van der Waals surface area (Å²) in [4.78, 5) is 0. The van der Waals surface area contributed by atoms with Crippen LogP contribution in [-0.4, -0.2) is 12.7 Å². The molecule has 1 aliphatic heterocycles. The maximum absolute atomic E-state index is 5.58. The van der Waals surface area contributed by atoms with E-state index in [0.717, 1.165) is 18.4 Å². The number of hydrogen-bond donors (Lipinski definition) is 0. The van der Waals surface area contributed by atoms with Gasteiger partial charge in [0.05, 0.1) is 6.10 Å². The summed E-state index contributed by atoms with van der Waals surface area (Å²) in [6, 6.07) is 0. The molecule has 1 saturated heterocycles. The highest BCUT2D eigenvalue weighted by atomic mass is 16.5. The quantitative estimate of drug-likeness (QED) is 0.619. The van der Waals surface area contributed by atoms with E-state index in [4.69, 9.17) is 4.74 Å². The average molecular weight is 172 g/mol. The zero-order valence-electron chi connectivity index (χ0n) is 9.26. The highest BCUT2D eigenvalue weighted by molar-refractivity contribution is 4.77. The predicted octanol–water partition coefficient (Wildman–Crippen LogP) is 3.48. The van der Waals surface area contributed by atoms with Gasteiger partial charge < -0.3 is 4.74 Å². The van der Waals surface area contributed by atoms with Crippen LogP contribution in [0, 0.1) is 11.8 Å². The van der Waals surface area contributed by atoms with E-state index in [9.17, 15) is 0 Å². The Kier molecular flexibility index (Phi) is 6.45. The second-order valence-corrected chi connectivity index (χ2v) is 3.51. The van der Waals surface area contributed by atoms with Crippen molar-refractivity contribution < 1.29 is 4.74 Å². The lowest BCUT2D eigenvalue weighted by Gasteiger charge is -2.19. The number of rotatable bonds is 2. The summed E-state index contributed by atoms with van der Waals surface area (Å²) in [6.45, 7) is 11.8. The van der Waals surface area contributed by atoms with E-state index in [1.165, 1.54) is 12.8 Å². The highest BCUT2D eigenvalue weighted by Crippen LogP contribution is 2.29. The zero-order valence-corrected chi connectivity index (χ0v) is 9.26. The third-order valence-corrected chi connectivity index (χ3v) is 2.52. The van der Waals surface area contributed by atoms with Crippen LogP contribution in [0.25, 0.3) is 0 Å². The van der Waals surface area contributed by atoms with Crippen molar-refractivity contribution in [2.75, 3.05) is 6.61 Å². The molecule has 2 atom stereocenters. The normalized spacial score (nSPS) is 28.5. The van der Waals surface area contributed by atoms with E-state index in [-0.39, 0.29) is 0 Å². The van der Waals surface area contributed by atoms with Crippen LogP contribution in [0.5, 0.6) is 0 Å². The van der Waals surface area contributed by atoms with Gasteiger partial charge in [-0.15, -0.1) is 0 Å². The van der Waals surface area contributed by atoms with Crippen molar-refractivity contribution in [2.45, 2.75) is 53.6 Å². The summed E-state index contributed by atoms with van der Waals surface area (Å²) < 4.78 is 5.58. The lowest BCUT2D eigenvalue weighted by molar-refractivity contribution is 0.0765. The van der Waals surface area contributed by atoms with Crippen molar-refractivity contribution in [1.82, 2.24) is 0 Å². The molecule has 1 fully saturated rings. The lowest BCUT2D eigenvalue weighted by Crippen LogP contribution is -2.19. The van der Waals surface area contributed by atoms with E-state index in [1.807, 2.05) is 13.8 Å². The Morgan fingerprint density at radius 2 is 1.92 bits per heavy atom. The molecule has 74 valence electrons. The first-order valence-corrected chi connectivity index (χ1v) is 5.37. The lowest BCUT2D eigenvalue weighted by atomic mass is 9.88. The van der Waals surface area contributed by atoms with Gasteiger partial charge in [0.25, 0.3) is 0 Å². The molecule has 0 aromatic rings. The molecule has 1 heteroatoms. The maximum Gasteiger partial charge on any atom is 0.0603 e. The van der Waals surface area contributed by atoms with Gasteiger partial charge in [-0.05, 0) is 24.7 Å². The Morgan fingerprint density at radius 3 is 2.25 bits per heavy atom. The first-order valence-electron chi connectivity index (χ1n) is 5.37. The van der Waals surface area contributed by atoms with Crippen LogP contribution in [0.3, 0.4) is 0 Å². The van der Waals surface area contributed by atoms with Crippen LogP contribution in [0.15, 0.2) is 0 Å². The fourth-order valence-corrected chi connectivity index (χ4v) is 1.85. The van der Waals surface area contributed by atoms with Gasteiger partial charge in [0, 0.05) is 6.61 Å². The molecule has 2 unspecified atom stereocenters. The van der Waals surface area contributed by atoms with Crippen LogP contribution in [-0.2, 0) is 4.74 Å². The van der Waals surface area contributed by atoms with Crippen LogP contribution in [0.4, 0.5) is 0 Å². The van der Waals surface area contributed by atoms with Crippen molar-refractivity contribution in [3.63, 3.8) is 0 Å². The van der Waals surface area contributed by atoms with Crippen molar-refractivity contribution in [1.29, 1.82) is 0 Å². The number of ether oxygens (including phenoxy) is 1. The molecule has 0 bridgehead atoms. The summed E-state index contributed by atoms with van der Waals surface area (Å²) >= 11 is 0. The molecule has 0 aliphatic carbocycles. The summed E-state index contributed by atoms with van der Waals surface area (Å²) in [6.07, 6.45) is 3.01. The predicted molar refractivity (Wildman–Crippen MR) is 54.3 cm³/mol. The third-order valence-electron chi connectivity index (χ3n) is 2.52. The van der Waals surface area contributed by atoms with E-state index < -0.39 is 0 Å². The second-order valence-electron chi connectivity index (χ2n) is 3.51. The standard InChI is InChI=1S/C9H18O.C2H6/c1-4-9-8(7(2)3)5-6-10-9;1-2/h7-9H,4-6H2,1-3H3;1-2H3. The molecule has 0 saturated carbocycles. The molecule has 1 nitrogen and oxygen atoms in total. The van der Waals surface area contributed by atoms with Gasteiger partial charge in [0.15, 0.2) is 0 Å². The van der Waals surface area contributed by atoms with Crippen LogP contribution in [0.2, 0.25) is 0 Å². The molecule has 0 N–H and O–H groups in total. The molecule has 1 rings (SSSR count). The molecule has 1 aliphatic rings. The Bertz CT molecular complexity index is 99.2. The molecule has 0 spiro atoms. The Labute approximate surface area is 77.5 Å². The molecular weight excluding hydrogens is 148 g/mol. The Morgan fingerprint density at radius 1 is 1.33 bits per heavy atom. The van der Waals surface area contributed by atoms with Crippen molar-refractivity contribution in [3.8, 4) is 0 Å².